The molecule has 0 aliphatic heterocycles. The van der Waals surface area contributed by atoms with Crippen molar-refractivity contribution in [3.8, 4) is 0 Å². The Morgan fingerprint density at radius 2 is 0.931 bits per heavy atom. The van der Waals surface area contributed by atoms with Gasteiger partial charge in [0.1, 0.15) is 0 Å². The first kappa shape index (κ1) is 29.8. The average Bonchev–Trinajstić information content (AvgIpc) is 2.75. The third kappa shape index (κ3) is 9.47. The van der Waals surface area contributed by atoms with Gasteiger partial charge < -0.3 is 31.7 Å². The molecule has 10 heteroatoms. The van der Waals surface area contributed by atoms with Crippen LogP contribution in [0.15, 0.2) is 0 Å². The van der Waals surface area contributed by atoms with E-state index in [4.69, 9.17) is 26.6 Å². The Labute approximate surface area is 194 Å². The number of aliphatic hydroxyl groups is 1. The van der Waals surface area contributed by atoms with Crippen molar-refractivity contribution in [2.75, 3.05) is 49.3 Å². The normalized spacial score (nSPS) is 23.1. The van der Waals surface area contributed by atoms with Crippen molar-refractivity contribution in [3.05, 3.63) is 0 Å². The minimum absolute atomic E-state index is 0. The average molecular weight is 623 g/mol. The van der Waals surface area contributed by atoms with Crippen molar-refractivity contribution in [2.45, 2.75) is 57.0 Å². The van der Waals surface area contributed by atoms with Crippen LogP contribution < -0.4 is 0 Å². The van der Waals surface area contributed by atoms with Crippen LogP contribution in [0.4, 0.5) is 0 Å². The van der Waals surface area contributed by atoms with E-state index in [2.05, 4.69) is 0 Å². The smallest absolute Gasteiger partial charge is 0.396 e. The van der Waals surface area contributed by atoms with E-state index in [9.17, 15) is 5.11 Å². The summed E-state index contributed by atoms with van der Waals surface area (Å²) in [6, 6.07) is 1.68. The molecule has 1 fully saturated rings. The van der Waals surface area contributed by atoms with Crippen molar-refractivity contribution in [1.82, 2.24) is 0 Å². The van der Waals surface area contributed by atoms with Crippen LogP contribution in [-0.4, -0.2) is 72.0 Å². The Kier molecular flexibility index (Phi) is 16.1. The van der Waals surface area contributed by atoms with Gasteiger partial charge in [0.05, 0.1) is 0 Å². The molecule has 0 radical (unpaired) electrons. The first-order valence-electron chi connectivity index (χ1n) is 10.4. The van der Waals surface area contributed by atoms with Crippen LogP contribution in [0, 0.1) is 17.8 Å². The monoisotopic (exact) mass is 622 g/mol. The molecular formula is C19H42O7Si2W. The SMILES string of the molecule is CO[Si](CCCC1CC(CO)CC(CCC[Si](OC)(OC)OC)C1)(OC)OC.[W]. The van der Waals surface area contributed by atoms with E-state index in [1.165, 1.54) is 6.42 Å². The fraction of sp³-hybridized carbons (Fsp3) is 1.00. The summed E-state index contributed by atoms with van der Waals surface area (Å²) in [5, 5.41) is 9.76. The molecule has 174 valence electrons. The second-order valence-electron chi connectivity index (χ2n) is 7.86. The van der Waals surface area contributed by atoms with Crippen molar-refractivity contribution in [1.29, 1.82) is 0 Å². The maximum Gasteiger partial charge on any atom is 0.500 e. The molecule has 0 aromatic carbocycles. The molecule has 1 aliphatic rings. The maximum atomic E-state index is 9.76. The Balaban J connectivity index is 0.00000784. The second kappa shape index (κ2) is 15.6. The van der Waals surface area contributed by atoms with Crippen molar-refractivity contribution >= 4 is 17.6 Å². The summed E-state index contributed by atoms with van der Waals surface area (Å²) >= 11 is 0. The van der Waals surface area contributed by atoms with Gasteiger partial charge in [-0.15, -0.1) is 0 Å². The van der Waals surface area contributed by atoms with Gasteiger partial charge in [0.25, 0.3) is 0 Å². The van der Waals surface area contributed by atoms with E-state index in [0.29, 0.717) is 17.8 Å². The summed E-state index contributed by atoms with van der Waals surface area (Å²) in [6.45, 7) is 0.285. The van der Waals surface area contributed by atoms with Crippen LogP contribution in [0.1, 0.15) is 44.9 Å². The molecule has 2 unspecified atom stereocenters. The number of aliphatic hydroxyl groups excluding tert-OH is 1. The molecule has 0 heterocycles. The van der Waals surface area contributed by atoms with Crippen LogP contribution in [0.5, 0.6) is 0 Å². The fourth-order valence-electron chi connectivity index (χ4n) is 4.65. The summed E-state index contributed by atoms with van der Waals surface area (Å²) in [5.74, 6) is 1.69. The summed E-state index contributed by atoms with van der Waals surface area (Å²) in [6.07, 6.45) is 7.77. The van der Waals surface area contributed by atoms with E-state index in [0.717, 1.165) is 50.6 Å². The molecule has 0 aromatic rings. The Morgan fingerprint density at radius 3 is 1.21 bits per heavy atom. The van der Waals surface area contributed by atoms with E-state index >= 15 is 0 Å². The van der Waals surface area contributed by atoms with Crippen LogP contribution in [0.2, 0.25) is 12.1 Å². The van der Waals surface area contributed by atoms with Gasteiger partial charge in [-0.2, -0.15) is 0 Å². The van der Waals surface area contributed by atoms with Gasteiger partial charge in [-0.05, 0) is 49.9 Å². The minimum Gasteiger partial charge on any atom is -0.396 e. The fourth-order valence-corrected chi connectivity index (χ4v) is 8.15. The number of hydrogen-bond acceptors (Lipinski definition) is 7. The van der Waals surface area contributed by atoms with E-state index in [-0.39, 0.29) is 27.7 Å². The van der Waals surface area contributed by atoms with Crippen molar-refractivity contribution < 1.29 is 52.7 Å². The number of hydrogen-bond donors (Lipinski definition) is 1. The summed E-state index contributed by atoms with van der Waals surface area (Å²) in [7, 11) is 5.04. The molecule has 1 aliphatic carbocycles. The molecule has 7 nitrogen and oxygen atoms in total. The van der Waals surface area contributed by atoms with Crippen LogP contribution in [0.3, 0.4) is 0 Å². The molecule has 0 saturated heterocycles. The second-order valence-corrected chi connectivity index (χ2v) is 14.0. The van der Waals surface area contributed by atoms with E-state index in [1.807, 2.05) is 0 Å². The maximum absolute atomic E-state index is 9.76. The third-order valence-corrected chi connectivity index (χ3v) is 12.0. The zero-order valence-corrected chi connectivity index (χ0v) is 24.0. The van der Waals surface area contributed by atoms with Gasteiger partial charge in [0, 0.05) is 82.4 Å². The largest absolute Gasteiger partial charge is 0.500 e. The third-order valence-electron chi connectivity index (χ3n) is 6.31. The van der Waals surface area contributed by atoms with Gasteiger partial charge >= 0.3 is 17.6 Å². The van der Waals surface area contributed by atoms with Gasteiger partial charge in [-0.3, -0.25) is 0 Å². The molecule has 29 heavy (non-hydrogen) atoms. The first-order chi connectivity index (χ1) is 13.5. The van der Waals surface area contributed by atoms with Gasteiger partial charge in [0.2, 0.25) is 0 Å². The standard InChI is InChI=1S/C19H42O7Si2.W/c1-21-27(22-2,23-3)11-7-9-17-13-18(15-19(14-17)16-20)10-8-12-28(24-4,25-5)26-6;/h17-20H,7-16H2,1-6H3;. The van der Waals surface area contributed by atoms with Crippen LogP contribution in [0.25, 0.3) is 0 Å². The topological polar surface area (TPSA) is 75.6 Å². The first-order valence-corrected chi connectivity index (χ1v) is 14.2. The molecule has 0 bridgehead atoms. The molecule has 0 amide bonds. The predicted molar refractivity (Wildman–Crippen MR) is 113 cm³/mol. The Hall–Kier alpha value is 0.842. The number of rotatable bonds is 15. The summed E-state index contributed by atoms with van der Waals surface area (Å²) in [5.41, 5.74) is 0. The Morgan fingerprint density at radius 1 is 0.621 bits per heavy atom. The molecule has 1 N–H and O–H groups in total. The zero-order valence-electron chi connectivity index (χ0n) is 19.1. The Bertz CT molecular complexity index is 361. The molecule has 1 saturated carbocycles. The van der Waals surface area contributed by atoms with Gasteiger partial charge in [-0.1, -0.05) is 12.8 Å². The zero-order chi connectivity index (χ0) is 21.0. The molecule has 0 aromatic heterocycles. The predicted octanol–water partition coefficient (Wildman–Crippen LogP) is 3.33. The molecule has 2 atom stereocenters. The van der Waals surface area contributed by atoms with Crippen LogP contribution in [-0.2, 0) is 47.6 Å². The van der Waals surface area contributed by atoms with Crippen LogP contribution >= 0.6 is 0 Å². The van der Waals surface area contributed by atoms with Crippen molar-refractivity contribution in [3.63, 3.8) is 0 Å². The molecule has 0 spiro atoms. The van der Waals surface area contributed by atoms with Gasteiger partial charge in [0.15, 0.2) is 0 Å². The molecule has 1 rings (SSSR count). The quantitative estimate of drug-likeness (QED) is 0.281. The van der Waals surface area contributed by atoms with E-state index < -0.39 is 17.6 Å². The summed E-state index contributed by atoms with van der Waals surface area (Å²) in [4.78, 5) is 0. The van der Waals surface area contributed by atoms with E-state index in [1.54, 1.807) is 42.7 Å². The van der Waals surface area contributed by atoms with Crippen molar-refractivity contribution in [2.24, 2.45) is 17.8 Å². The minimum atomic E-state index is -2.49. The van der Waals surface area contributed by atoms with Gasteiger partial charge in [-0.25, -0.2) is 0 Å². The summed E-state index contributed by atoms with van der Waals surface area (Å²) < 4.78 is 33.2. The molecular weight excluding hydrogens is 580 g/mol.